The zero-order valence-corrected chi connectivity index (χ0v) is 11.1. The van der Waals surface area contributed by atoms with E-state index in [-0.39, 0.29) is 6.10 Å². The van der Waals surface area contributed by atoms with Crippen LogP contribution >= 0.6 is 0 Å². The third kappa shape index (κ3) is 3.94. The Morgan fingerprint density at radius 1 is 1.24 bits per heavy atom. The molecule has 0 aromatic carbocycles. The molecule has 2 rings (SSSR count). The minimum atomic E-state index is -0.643. The molecule has 1 heterocycles. The normalized spacial score (nSPS) is 36.7. The summed E-state index contributed by atoms with van der Waals surface area (Å²) in [6.07, 6.45) is 8.87. The van der Waals surface area contributed by atoms with Crippen molar-refractivity contribution in [2.75, 3.05) is 19.7 Å². The Bertz CT molecular complexity index is 222. The van der Waals surface area contributed by atoms with Crippen LogP contribution in [0, 0.1) is 5.92 Å². The van der Waals surface area contributed by atoms with Gasteiger partial charge in [0.25, 0.3) is 0 Å². The van der Waals surface area contributed by atoms with Crippen LogP contribution in [-0.2, 0) is 4.74 Å². The summed E-state index contributed by atoms with van der Waals surface area (Å²) in [7, 11) is 0. The Balaban J connectivity index is 1.76. The fourth-order valence-electron chi connectivity index (χ4n) is 2.98. The molecule has 0 spiro atoms. The van der Waals surface area contributed by atoms with Gasteiger partial charge >= 0.3 is 0 Å². The van der Waals surface area contributed by atoms with Crippen molar-refractivity contribution in [1.82, 2.24) is 5.32 Å². The monoisotopic (exact) mass is 241 g/mol. The number of ether oxygens (including phenoxy) is 1. The molecular formula is C14H27NO2. The Labute approximate surface area is 105 Å². The van der Waals surface area contributed by atoms with E-state index in [4.69, 9.17) is 4.74 Å². The van der Waals surface area contributed by atoms with Crippen molar-refractivity contribution >= 4 is 0 Å². The van der Waals surface area contributed by atoms with Gasteiger partial charge < -0.3 is 15.2 Å². The smallest absolute Gasteiger partial charge is 0.0983 e. The first kappa shape index (κ1) is 13.3. The molecule has 0 amide bonds. The topological polar surface area (TPSA) is 41.5 Å². The lowest BCUT2D eigenvalue weighted by atomic mass is 9.91. The van der Waals surface area contributed by atoms with Gasteiger partial charge in [-0.15, -0.1) is 0 Å². The third-order valence-corrected chi connectivity index (χ3v) is 4.34. The summed E-state index contributed by atoms with van der Waals surface area (Å²) < 4.78 is 5.98. The lowest BCUT2D eigenvalue weighted by molar-refractivity contribution is -0.120. The predicted molar refractivity (Wildman–Crippen MR) is 69.0 cm³/mol. The van der Waals surface area contributed by atoms with E-state index < -0.39 is 5.60 Å². The maximum Gasteiger partial charge on any atom is 0.0983 e. The number of hydrogen-bond acceptors (Lipinski definition) is 3. The summed E-state index contributed by atoms with van der Waals surface area (Å²) in [6.45, 7) is 4.43. The van der Waals surface area contributed by atoms with E-state index in [1.807, 2.05) is 6.92 Å². The van der Waals surface area contributed by atoms with Crippen molar-refractivity contribution in [3.63, 3.8) is 0 Å². The van der Waals surface area contributed by atoms with Gasteiger partial charge in [-0.2, -0.15) is 0 Å². The van der Waals surface area contributed by atoms with Crippen LogP contribution in [0.3, 0.4) is 0 Å². The van der Waals surface area contributed by atoms with E-state index in [0.29, 0.717) is 0 Å². The molecular weight excluding hydrogens is 214 g/mol. The van der Waals surface area contributed by atoms with E-state index in [1.165, 1.54) is 38.5 Å². The van der Waals surface area contributed by atoms with Crippen LogP contribution in [0.4, 0.5) is 0 Å². The molecule has 0 aromatic heterocycles. The Hall–Kier alpha value is -0.120. The highest BCUT2D eigenvalue weighted by Gasteiger charge is 2.35. The number of hydrogen-bond donors (Lipinski definition) is 2. The molecule has 3 nitrogen and oxygen atoms in total. The number of nitrogens with one attached hydrogen (secondary N) is 1. The SMILES string of the molecule is CC1(O)CCNCC1OCC1CCCCCC1. The van der Waals surface area contributed by atoms with Crippen LogP contribution < -0.4 is 5.32 Å². The number of piperidine rings is 1. The summed E-state index contributed by atoms with van der Waals surface area (Å²) in [5.41, 5.74) is -0.643. The van der Waals surface area contributed by atoms with Crippen LogP contribution in [-0.4, -0.2) is 36.5 Å². The minimum Gasteiger partial charge on any atom is -0.387 e. The van der Waals surface area contributed by atoms with Crippen LogP contribution in [0.25, 0.3) is 0 Å². The highest BCUT2D eigenvalue weighted by molar-refractivity contribution is 4.89. The van der Waals surface area contributed by atoms with Crippen LogP contribution in [0.1, 0.15) is 51.9 Å². The van der Waals surface area contributed by atoms with Crippen molar-refractivity contribution in [3.05, 3.63) is 0 Å². The molecule has 100 valence electrons. The third-order valence-electron chi connectivity index (χ3n) is 4.34. The number of aliphatic hydroxyl groups is 1. The minimum absolute atomic E-state index is 0.0282. The van der Waals surface area contributed by atoms with Crippen molar-refractivity contribution < 1.29 is 9.84 Å². The molecule has 1 saturated carbocycles. The molecule has 1 aliphatic carbocycles. The Morgan fingerprint density at radius 2 is 1.94 bits per heavy atom. The van der Waals surface area contributed by atoms with Gasteiger partial charge in [0, 0.05) is 13.2 Å². The van der Waals surface area contributed by atoms with E-state index in [2.05, 4.69) is 5.32 Å². The molecule has 3 heteroatoms. The van der Waals surface area contributed by atoms with E-state index in [9.17, 15) is 5.11 Å². The lowest BCUT2D eigenvalue weighted by Gasteiger charge is -2.37. The van der Waals surface area contributed by atoms with Crippen LogP contribution in [0.15, 0.2) is 0 Å². The summed E-state index contributed by atoms with van der Waals surface area (Å²) in [6, 6.07) is 0. The first-order valence-corrected chi connectivity index (χ1v) is 7.23. The van der Waals surface area contributed by atoms with E-state index in [1.54, 1.807) is 0 Å². The molecule has 2 aliphatic rings. The molecule has 17 heavy (non-hydrogen) atoms. The van der Waals surface area contributed by atoms with Gasteiger partial charge in [0.15, 0.2) is 0 Å². The summed E-state index contributed by atoms with van der Waals surface area (Å²) in [5, 5.41) is 13.6. The van der Waals surface area contributed by atoms with Crippen LogP contribution in [0.5, 0.6) is 0 Å². The van der Waals surface area contributed by atoms with Crippen molar-refractivity contribution in [2.24, 2.45) is 5.92 Å². The second kappa shape index (κ2) is 6.17. The largest absolute Gasteiger partial charge is 0.387 e. The van der Waals surface area contributed by atoms with Crippen molar-refractivity contribution in [2.45, 2.75) is 63.6 Å². The lowest BCUT2D eigenvalue weighted by Crippen LogP contribution is -2.53. The first-order chi connectivity index (χ1) is 8.18. The Morgan fingerprint density at radius 3 is 2.59 bits per heavy atom. The van der Waals surface area contributed by atoms with Gasteiger partial charge in [0.05, 0.1) is 11.7 Å². The molecule has 1 saturated heterocycles. The molecule has 2 fully saturated rings. The van der Waals surface area contributed by atoms with Crippen molar-refractivity contribution in [1.29, 1.82) is 0 Å². The first-order valence-electron chi connectivity index (χ1n) is 7.23. The second-order valence-electron chi connectivity index (χ2n) is 5.99. The zero-order valence-electron chi connectivity index (χ0n) is 11.1. The molecule has 2 unspecified atom stereocenters. The van der Waals surface area contributed by atoms with Gasteiger partial charge in [-0.3, -0.25) is 0 Å². The van der Waals surface area contributed by atoms with Crippen LogP contribution in [0.2, 0.25) is 0 Å². The standard InChI is InChI=1S/C14H27NO2/c1-14(16)8-9-15-10-13(14)17-11-12-6-4-2-3-5-7-12/h12-13,15-16H,2-11H2,1H3. The molecule has 0 aromatic rings. The van der Waals surface area contributed by atoms with E-state index >= 15 is 0 Å². The summed E-state index contributed by atoms with van der Waals surface area (Å²) in [4.78, 5) is 0. The average Bonchev–Trinajstić information content (AvgIpc) is 2.55. The predicted octanol–water partition coefficient (Wildman–Crippen LogP) is 2.09. The summed E-state index contributed by atoms with van der Waals surface area (Å²) >= 11 is 0. The Kier molecular flexibility index (Phi) is 4.83. The maximum absolute atomic E-state index is 10.3. The number of rotatable bonds is 3. The quantitative estimate of drug-likeness (QED) is 0.743. The highest BCUT2D eigenvalue weighted by atomic mass is 16.5. The molecule has 0 bridgehead atoms. The molecule has 2 N–H and O–H groups in total. The van der Waals surface area contributed by atoms with Gasteiger partial charge in [0.1, 0.15) is 0 Å². The molecule has 1 aliphatic heterocycles. The second-order valence-corrected chi connectivity index (χ2v) is 5.99. The van der Waals surface area contributed by atoms with Gasteiger partial charge in [0.2, 0.25) is 0 Å². The van der Waals surface area contributed by atoms with Gasteiger partial charge in [-0.25, -0.2) is 0 Å². The van der Waals surface area contributed by atoms with Crippen molar-refractivity contribution in [3.8, 4) is 0 Å². The van der Waals surface area contributed by atoms with Gasteiger partial charge in [-0.1, -0.05) is 25.7 Å². The fourth-order valence-corrected chi connectivity index (χ4v) is 2.98. The maximum atomic E-state index is 10.3. The molecule has 2 atom stereocenters. The highest BCUT2D eigenvalue weighted by Crippen LogP contribution is 2.26. The van der Waals surface area contributed by atoms with Gasteiger partial charge in [-0.05, 0) is 38.6 Å². The molecule has 0 radical (unpaired) electrons. The fraction of sp³-hybridized carbons (Fsp3) is 1.00. The average molecular weight is 241 g/mol. The summed E-state index contributed by atoms with van der Waals surface area (Å²) in [5.74, 6) is 0.718. The van der Waals surface area contributed by atoms with E-state index in [0.717, 1.165) is 32.0 Å². The zero-order chi connectivity index (χ0) is 12.1.